The Labute approximate surface area is 218 Å². The Balaban J connectivity index is 1.39. The molecule has 0 spiro atoms. The summed E-state index contributed by atoms with van der Waals surface area (Å²) in [7, 11) is 0. The normalized spacial score (nSPS) is 54.7. The summed E-state index contributed by atoms with van der Waals surface area (Å²) in [5, 5.41) is 0. The second-order valence-corrected chi connectivity index (χ2v) is 15.7. The molecular weight excluding hydrogens is 448 g/mol. The Hall–Kier alpha value is -1.32. The van der Waals surface area contributed by atoms with Gasteiger partial charge >= 0.3 is 11.9 Å². The average Bonchev–Trinajstić information content (AvgIpc) is 3.04. The van der Waals surface area contributed by atoms with E-state index in [0.717, 1.165) is 38.5 Å². The molecule has 5 fully saturated rings. The highest BCUT2D eigenvalue weighted by atomic mass is 16.6. The number of carbonyl (C=O) groups excluding carboxylic acids is 2. The fourth-order valence-corrected chi connectivity index (χ4v) is 11.5. The summed E-state index contributed by atoms with van der Waals surface area (Å²) in [5.41, 5.74) is 2.08. The van der Waals surface area contributed by atoms with E-state index < -0.39 is 0 Å². The molecule has 4 nitrogen and oxygen atoms in total. The van der Waals surface area contributed by atoms with E-state index >= 15 is 0 Å². The molecule has 1 saturated heterocycles. The first kappa shape index (κ1) is 25.0. The first-order valence-corrected chi connectivity index (χ1v) is 14.7. The first-order valence-electron chi connectivity index (χ1n) is 14.7. The van der Waals surface area contributed by atoms with Crippen LogP contribution in [0.2, 0.25) is 0 Å². The van der Waals surface area contributed by atoms with Crippen molar-refractivity contribution in [3.63, 3.8) is 0 Å². The molecule has 10 atom stereocenters. The average molecular weight is 497 g/mol. The van der Waals surface area contributed by atoms with Crippen LogP contribution in [0.25, 0.3) is 0 Å². The molecule has 0 radical (unpaired) electrons. The van der Waals surface area contributed by atoms with Gasteiger partial charge in [0, 0.05) is 24.2 Å². The number of hydrogen-bond acceptors (Lipinski definition) is 4. The van der Waals surface area contributed by atoms with Gasteiger partial charge in [0.25, 0.3) is 0 Å². The molecule has 2 bridgehead atoms. The van der Waals surface area contributed by atoms with E-state index in [-0.39, 0.29) is 56.6 Å². The number of esters is 2. The van der Waals surface area contributed by atoms with Gasteiger partial charge in [0.2, 0.25) is 0 Å². The third kappa shape index (κ3) is 2.83. The van der Waals surface area contributed by atoms with Crippen LogP contribution in [0, 0.1) is 50.2 Å². The van der Waals surface area contributed by atoms with Crippen LogP contribution in [0.1, 0.15) is 113 Å². The molecule has 1 heterocycles. The molecule has 200 valence electrons. The third-order valence-corrected chi connectivity index (χ3v) is 13.9. The van der Waals surface area contributed by atoms with E-state index in [1.807, 2.05) is 0 Å². The summed E-state index contributed by atoms with van der Waals surface area (Å²) < 4.78 is 11.9. The summed E-state index contributed by atoms with van der Waals surface area (Å²) >= 11 is 0. The van der Waals surface area contributed by atoms with Crippen molar-refractivity contribution in [2.45, 2.75) is 125 Å². The van der Waals surface area contributed by atoms with Crippen molar-refractivity contribution in [1.29, 1.82) is 0 Å². The summed E-state index contributed by atoms with van der Waals surface area (Å²) in [5.74, 6) is 1.55. The fourth-order valence-electron chi connectivity index (χ4n) is 11.5. The van der Waals surface area contributed by atoms with Crippen LogP contribution >= 0.6 is 0 Å². The molecule has 6 aliphatic rings. The van der Waals surface area contributed by atoms with Crippen molar-refractivity contribution in [3.8, 4) is 0 Å². The highest BCUT2D eigenvalue weighted by molar-refractivity contribution is 5.79. The number of rotatable bonds is 1. The minimum Gasteiger partial charge on any atom is -0.462 e. The first-order chi connectivity index (χ1) is 16.6. The monoisotopic (exact) mass is 496 g/mol. The molecular formula is C32H48O4. The quantitative estimate of drug-likeness (QED) is 0.283. The molecule has 36 heavy (non-hydrogen) atoms. The predicted octanol–water partition coefficient (Wildman–Crippen LogP) is 7.26. The van der Waals surface area contributed by atoms with Gasteiger partial charge in [0.15, 0.2) is 0 Å². The van der Waals surface area contributed by atoms with Gasteiger partial charge in [0.1, 0.15) is 12.2 Å². The zero-order chi connectivity index (χ0) is 26.1. The fraction of sp³-hybridized carbons (Fsp3) is 0.875. The SMILES string of the molecule is CC(=O)OC1CC[C@@]2(C)[C@H](CC[C@]3(C)[C@H]2CC=C2[C@H]4C[C@@]5(C)CC(OC5=O)[C@]4(C)CC[C@]23C)C1(C)C. The largest absolute Gasteiger partial charge is 0.462 e. The summed E-state index contributed by atoms with van der Waals surface area (Å²) in [4.78, 5) is 24.8. The third-order valence-electron chi connectivity index (χ3n) is 13.9. The highest BCUT2D eigenvalue weighted by Gasteiger charge is 2.70. The molecule has 4 saturated carbocycles. The van der Waals surface area contributed by atoms with Gasteiger partial charge < -0.3 is 9.47 Å². The van der Waals surface area contributed by atoms with Gasteiger partial charge in [-0.3, -0.25) is 9.59 Å². The number of hydrogen-bond donors (Lipinski definition) is 0. The number of carbonyl (C=O) groups is 2. The van der Waals surface area contributed by atoms with Gasteiger partial charge in [-0.2, -0.15) is 0 Å². The van der Waals surface area contributed by atoms with E-state index in [2.05, 4.69) is 54.5 Å². The Bertz CT molecular complexity index is 1040. The molecule has 0 aromatic rings. The van der Waals surface area contributed by atoms with Crippen LogP contribution in [0.4, 0.5) is 0 Å². The molecule has 4 heteroatoms. The lowest BCUT2D eigenvalue weighted by Gasteiger charge is -2.71. The molecule has 0 N–H and O–H groups in total. The Morgan fingerprint density at radius 2 is 1.64 bits per heavy atom. The zero-order valence-electron chi connectivity index (χ0n) is 24.0. The summed E-state index contributed by atoms with van der Waals surface area (Å²) in [6.07, 6.45) is 12.7. The Morgan fingerprint density at radius 3 is 2.33 bits per heavy atom. The number of fused-ring (bicyclic) bond motifs is 10. The highest BCUT2D eigenvalue weighted by Crippen LogP contribution is 2.76. The van der Waals surface area contributed by atoms with Crippen molar-refractivity contribution in [3.05, 3.63) is 11.6 Å². The molecule has 0 amide bonds. The lowest BCUT2D eigenvalue weighted by molar-refractivity contribution is -0.212. The smallest absolute Gasteiger partial charge is 0.312 e. The molecule has 0 aromatic heterocycles. The molecule has 2 unspecified atom stereocenters. The van der Waals surface area contributed by atoms with Gasteiger partial charge in [-0.1, -0.05) is 53.2 Å². The Kier molecular flexibility index (Phi) is 5.00. The van der Waals surface area contributed by atoms with Crippen LogP contribution in [-0.2, 0) is 19.1 Å². The van der Waals surface area contributed by atoms with Gasteiger partial charge in [-0.15, -0.1) is 0 Å². The van der Waals surface area contributed by atoms with E-state index in [0.29, 0.717) is 17.8 Å². The standard InChI is InChI=1S/C32H48O4/c1-19(33)35-24-12-13-30(6)22(27(24,2)3)11-14-32(8)23(30)10-9-20-21-17-28(4)18-25(36-26(28)34)29(21,5)15-16-31(20,32)7/h9,21-25H,10-18H2,1-8H3/t21-,22-,23+,24?,25?,28+,29-,30+,31-,32-/m1/s1. The van der Waals surface area contributed by atoms with E-state index in [1.165, 1.54) is 19.3 Å². The predicted molar refractivity (Wildman–Crippen MR) is 140 cm³/mol. The number of ether oxygens (including phenoxy) is 2. The van der Waals surface area contributed by atoms with E-state index in [4.69, 9.17) is 9.47 Å². The zero-order valence-corrected chi connectivity index (χ0v) is 24.0. The van der Waals surface area contributed by atoms with Crippen molar-refractivity contribution >= 4 is 11.9 Å². The van der Waals surface area contributed by atoms with Crippen molar-refractivity contribution in [2.75, 3.05) is 0 Å². The Morgan fingerprint density at radius 1 is 0.917 bits per heavy atom. The molecule has 0 aromatic carbocycles. The maximum atomic E-state index is 12.9. The van der Waals surface area contributed by atoms with Crippen molar-refractivity contribution in [2.24, 2.45) is 50.2 Å². The lowest BCUT2D eigenvalue weighted by atomic mass is 9.33. The minimum absolute atomic E-state index is 0.00904. The summed E-state index contributed by atoms with van der Waals surface area (Å²) in [6.45, 7) is 18.7. The van der Waals surface area contributed by atoms with Crippen LogP contribution < -0.4 is 0 Å². The minimum atomic E-state index is -0.311. The summed E-state index contributed by atoms with van der Waals surface area (Å²) in [6, 6.07) is 0. The second-order valence-electron chi connectivity index (χ2n) is 15.7. The van der Waals surface area contributed by atoms with Crippen LogP contribution in [0.3, 0.4) is 0 Å². The molecule has 5 aliphatic carbocycles. The van der Waals surface area contributed by atoms with Crippen LogP contribution in [0.15, 0.2) is 11.6 Å². The lowest BCUT2D eigenvalue weighted by Crippen LogP contribution is -2.65. The van der Waals surface area contributed by atoms with Gasteiger partial charge in [-0.25, -0.2) is 0 Å². The maximum Gasteiger partial charge on any atom is 0.312 e. The van der Waals surface area contributed by atoms with Gasteiger partial charge in [0.05, 0.1) is 5.41 Å². The van der Waals surface area contributed by atoms with E-state index in [9.17, 15) is 9.59 Å². The number of allylic oxidation sites excluding steroid dienone is 2. The molecule has 6 rings (SSSR count). The van der Waals surface area contributed by atoms with Gasteiger partial charge in [-0.05, 0) is 92.3 Å². The van der Waals surface area contributed by atoms with Crippen molar-refractivity contribution < 1.29 is 19.1 Å². The maximum absolute atomic E-state index is 12.9. The second kappa shape index (κ2) is 7.20. The molecule has 1 aliphatic heterocycles. The topological polar surface area (TPSA) is 52.6 Å². The van der Waals surface area contributed by atoms with E-state index in [1.54, 1.807) is 12.5 Å². The van der Waals surface area contributed by atoms with Crippen LogP contribution in [0.5, 0.6) is 0 Å². The van der Waals surface area contributed by atoms with Crippen LogP contribution in [-0.4, -0.2) is 24.1 Å². The van der Waals surface area contributed by atoms with Crippen molar-refractivity contribution in [1.82, 2.24) is 0 Å².